The fraction of sp³-hybridized carbons (Fsp3) is 0.462. The summed E-state index contributed by atoms with van der Waals surface area (Å²) in [5, 5.41) is 9.15. The van der Waals surface area contributed by atoms with E-state index in [0.717, 1.165) is 0 Å². The molecule has 0 aromatic heterocycles. The number of halogens is 3. The molecule has 1 amide bonds. The highest BCUT2D eigenvalue weighted by Gasteiger charge is 2.29. The molecule has 0 atom stereocenters. The summed E-state index contributed by atoms with van der Waals surface area (Å²) >= 11 is 0. The van der Waals surface area contributed by atoms with Gasteiger partial charge >= 0.3 is 0 Å². The third-order valence-corrected chi connectivity index (χ3v) is 3.32. The first kappa shape index (κ1) is 13.9. The molecule has 19 heavy (non-hydrogen) atoms. The number of aliphatic hydroxyl groups is 1. The Bertz CT molecular complexity index is 478. The van der Waals surface area contributed by atoms with Crippen LogP contribution < -0.4 is 0 Å². The molecule has 1 saturated carbocycles. The van der Waals surface area contributed by atoms with E-state index in [9.17, 15) is 18.0 Å². The normalized spacial score (nSPS) is 21.9. The van der Waals surface area contributed by atoms with Gasteiger partial charge in [0.05, 0.1) is 6.10 Å². The Morgan fingerprint density at radius 3 is 2.32 bits per heavy atom. The van der Waals surface area contributed by atoms with Crippen LogP contribution >= 0.6 is 0 Å². The molecule has 1 aromatic rings. The van der Waals surface area contributed by atoms with Crippen LogP contribution in [0.5, 0.6) is 0 Å². The molecule has 1 aromatic carbocycles. The minimum atomic E-state index is -1.58. The quantitative estimate of drug-likeness (QED) is 0.855. The van der Waals surface area contributed by atoms with Gasteiger partial charge < -0.3 is 10.0 Å². The van der Waals surface area contributed by atoms with Crippen molar-refractivity contribution in [3.8, 4) is 0 Å². The zero-order chi connectivity index (χ0) is 14.2. The standard InChI is InChI=1S/C13H14F3NO2/c1-17(6-7-2-9(18)3-7)13(19)8-4-10(14)12(16)11(15)5-8/h4-5,7,9,18H,2-3,6H2,1H3. The van der Waals surface area contributed by atoms with Crippen molar-refractivity contribution in [3.63, 3.8) is 0 Å². The molecule has 0 spiro atoms. The Morgan fingerprint density at radius 2 is 1.84 bits per heavy atom. The van der Waals surface area contributed by atoms with Gasteiger partial charge in [0.25, 0.3) is 5.91 Å². The lowest BCUT2D eigenvalue weighted by Gasteiger charge is -2.34. The van der Waals surface area contributed by atoms with Crippen LogP contribution in [0.25, 0.3) is 0 Å². The number of benzene rings is 1. The molecule has 0 bridgehead atoms. The Hall–Kier alpha value is -1.56. The first-order valence-electron chi connectivity index (χ1n) is 5.96. The highest BCUT2D eigenvalue weighted by molar-refractivity contribution is 5.94. The number of amides is 1. The number of rotatable bonds is 3. The van der Waals surface area contributed by atoms with E-state index in [0.29, 0.717) is 31.5 Å². The topological polar surface area (TPSA) is 40.5 Å². The van der Waals surface area contributed by atoms with Crippen LogP contribution in [0.3, 0.4) is 0 Å². The lowest BCUT2D eigenvalue weighted by molar-refractivity contribution is 0.0265. The molecular formula is C13H14F3NO2. The Morgan fingerprint density at radius 1 is 1.32 bits per heavy atom. The first-order chi connectivity index (χ1) is 8.88. The van der Waals surface area contributed by atoms with Crippen LogP contribution in [0.15, 0.2) is 12.1 Å². The minimum Gasteiger partial charge on any atom is -0.393 e. The summed E-state index contributed by atoms with van der Waals surface area (Å²) in [5.74, 6) is -4.72. The molecule has 104 valence electrons. The average Bonchev–Trinajstić information content (AvgIpc) is 2.32. The maximum absolute atomic E-state index is 13.0. The summed E-state index contributed by atoms with van der Waals surface area (Å²) in [7, 11) is 1.51. The van der Waals surface area contributed by atoms with Gasteiger partial charge in [-0.3, -0.25) is 4.79 Å². The molecule has 1 N–H and O–H groups in total. The average molecular weight is 273 g/mol. The van der Waals surface area contributed by atoms with Gasteiger partial charge in [-0.25, -0.2) is 13.2 Å². The van der Waals surface area contributed by atoms with Crippen molar-refractivity contribution >= 4 is 5.91 Å². The zero-order valence-corrected chi connectivity index (χ0v) is 10.4. The maximum atomic E-state index is 13.0. The minimum absolute atomic E-state index is 0.194. The van der Waals surface area contributed by atoms with Crippen molar-refractivity contribution < 1.29 is 23.1 Å². The molecule has 0 heterocycles. The highest BCUT2D eigenvalue weighted by Crippen LogP contribution is 2.28. The van der Waals surface area contributed by atoms with E-state index in [1.54, 1.807) is 0 Å². The van der Waals surface area contributed by atoms with E-state index >= 15 is 0 Å². The molecule has 0 unspecified atom stereocenters. The van der Waals surface area contributed by atoms with Crippen LogP contribution in [0, 0.1) is 23.4 Å². The summed E-state index contributed by atoms with van der Waals surface area (Å²) in [6, 6.07) is 1.37. The smallest absolute Gasteiger partial charge is 0.253 e. The van der Waals surface area contributed by atoms with Crippen molar-refractivity contribution in [2.75, 3.05) is 13.6 Å². The zero-order valence-electron chi connectivity index (χ0n) is 10.4. The maximum Gasteiger partial charge on any atom is 0.253 e. The summed E-state index contributed by atoms with van der Waals surface area (Å²) in [6.07, 6.45) is 0.905. The molecule has 1 aliphatic rings. The molecule has 3 nitrogen and oxygen atoms in total. The number of nitrogens with zero attached hydrogens (tertiary/aromatic N) is 1. The number of hydrogen-bond donors (Lipinski definition) is 1. The molecule has 2 rings (SSSR count). The van der Waals surface area contributed by atoms with E-state index in [-0.39, 0.29) is 17.6 Å². The third kappa shape index (κ3) is 2.89. The number of aliphatic hydroxyl groups excluding tert-OH is 1. The van der Waals surface area contributed by atoms with Gasteiger partial charge in [-0.05, 0) is 30.9 Å². The lowest BCUT2D eigenvalue weighted by Crippen LogP contribution is -2.39. The summed E-state index contributed by atoms with van der Waals surface area (Å²) in [6.45, 7) is 0.399. The molecule has 6 heteroatoms. The van der Waals surface area contributed by atoms with E-state index in [4.69, 9.17) is 5.11 Å². The third-order valence-electron chi connectivity index (χ3n) is 3.32. The van der Waals surface area contributed by atoms with E-state index in [2.05, 4.69) is 0 Å². The highest BCUT2D eigenvalue weighted by atomic mass is 19.2. The fourth-order valence-electron chi connectivity index (χ4n) is 2.22. The van der Waals surface area contributed by atoms with Gasteiger partial charge in [0.1, 0.15) is 0 Å². The van der Waals surface area contributed by atoms with Gasteiger partial charge in [0, 0.05) is 19.2 Å². The van der Waals surface area contributed by atoms with Crippen molar-refractivity contribution in [1.29, 1.82) is 0 Å². The van der Waals surface area contributed by atoms with Crippen LogP contribution in [0.1, 0.15) is 23.2 Å². The Balaban J connectivity index is 2.06. The van der Waals surface area contributed by atoms with Gasteiger partial charge in [-0.15, -0.1) is 0 Å². The second-order valence-corrected chi connectivity index (χ2v) is 4.93. The first-order valence-corrected chi connectivity index (χ1v) is 5.96. The summed E-state index contributed by atoms with van der Waals surface area (Å²) in [4.78, 5) is 13.2. The number of carbonyl (C=O) groups is 1. The monoisotopic (exact) mass is 273 g/mol. The predicted octanol–water partition coefficient (Wildman–Crippen LogP) is 1.95. The van der Waals surface area contributed by atoms with Crippen LogP contribution in [-0.4, -0.2) is 35.6 Å². The van der Waals surface area contributed by atoms with Crippen molar-refractivity contribution in [1.82, 2.24) is 4.90 Å². The van der Waals surface area contributed by atoms with E-state index in [1.165, 1.54) is 11.9 Å². The second-order valence-electron chi connectivity index (χ2n) is 4.93. The van der Waals surface area contributed by atoms with E-state index < -0.39 is 23.4 Å². The summed E-state index contributed by atoms with van der Waals surface area (Å²) < 4.78 is 38.9. The van der Waals surface area contributed by atoms with Crippen LogP contribution in [0.2, 0.25) is 0 Å². The molecule has 0 radical (unpaired) electrons. The largest absolute Gasteiger partial charge is 0.393 e. The fourth-order valence-corrected chi connectivity index (χ4v) is 2.22. The van der Waals surface area contributed by atoms with Crippen molar-refractivity contribution in [2.45, 2.75) is 18.9 Å². The SMILES string of the molecule is CN(CC1CC(O)C1)C(=O)c1cc(F)c(F)c(F)c1. The molecular weight excluding hydrogens is 259 g/mol. The number of carbonyl (C=O) groups excluding carboxylic acids is 1. The van der Waals surface area contributed by atoms with Crippen molar-refractivity contribution in [2.24, 2.45) is 5.92 Å². The van der Waals surface area contributed by atoms with Crippen LogP contribution in [-0.2, 0) is 0 Å². The lowest BCUT2D eigenvalue weighted by atomic mass is 9.82. The Kier molecular flexibility index (Phi) is 3.80. The number of hydrogen-bond acceptors (Lipinski definition) is 2. The molecule has 1 fully saturated rings. The molecule has 0 saturated heterocycles. The second kappa shape index (κ2) is 5.21. The van der Waals surface area contributed by atoms with Gasteiger partial charge in [0.2, 0.25) is 0 Å². The summed E-state index contributed by atoms with van der Waals surface area (Å²) in [5.41, 5.74) is -0.223. The van der Waals surface area contributed by atoms with Gasteiger partial charge in [-0.2, -0.15) is 0 Å². The van der Waals surface area contributed by atoms with Gasteiger partial charge in [-0.1, -0.05) is 0 Å². The molecule has 0 aliphatic heterocycles. The molecule has 1 aliphatic carbocycles. The predicted molar refractivity (Wildman–Crippen MR) is 62.0 cm³/mol. The van der Waals surface area contributed by atoms with Gasteiger partial charge in [0.15, 0.2) is 17.5 Å². The van der Waals surface area contributed by atoms with Crippen molar-refractivity contribution in [3.05, 3.63) is 35.1 Å². The van der Waals surface area contributed by atoms with Crippen LogP contribution in [0.4, 0.5) is 13.2 Å². The van der Waals surface area contributed by atoms with E-state index in [1.807, 2.05) is 0 Å². The Labute approximate surface area is 108 Å².